The monoisotopic (exact) mass is 955 g/mol. The molecule has 6 aromatic rings. The van der Waals surface area contributed by atoms with Crippen molar-refractivity contribution in [3.8, 4) is 33.4 Å². The number of carbonyl (C=O) groups is 1. The van der Waals surface area contributed by atoms with E-state index < -0.39 is 0 Å². The highest BCUT2D eigenvalue weighted by molar-refractivity contribution is 5.99. The second-order valence-corrected chi connectivity index (χ2v) is 26.3. The Bertz CT molecular complexity index is 3240. The van der Waals surface area contributed by atoms with Gasteiger partial charge in [0.1, 0.15) is 6.29 Å². The normalized spacial score (nSPS) is 13.8. The number of hydrogen-bond donors (Lipinski definition) is 2. The molecule has 0 atom stereocenters. The first-order chi connectivity index (χ1) is 33.4. The second kappa shape index (κ2) is 18.5. The predicted molar refractivity (Wildman–Crippen MR) is 312 cm³/mol. The van der Waals surface area contributed by atoms with Crippen LogP contribution >= 0.6 is 0 Å². The largest absolute Gasteiger partial charge is 0.354 e. The number of H-pyrrole nitrogens is 2. The van der Waals surface area contributed by atoms with Crippen LogP contribution in [0.3, 0.4) is 0 Å². The Balaban J connectivity index is 1.63. The summed E-state index contributed by atoms with van der Waals surface area (Å²) in [5.41, 5.74) is 21.6. The molecule has 2 N–H and O–H groups in total. The maximum Gasteiger partial charge on any atom is 0.142 e. The summed E-state index contributed by atoms with van der Waals surface area (Å²) in [6, 6.07) is 30.2. The fraction of sp³-hybridized carbons (Fsp3) is 0.358. The van der Waals surface area contributed by atoms with Gasteiger partial charge in [0.2, 0.25) is 0 Å². The molecule has 8 rings (SSSR count). The minimum Gasteiger partial charge on any atom is -0.354 e. The maximum absolute atomic E-state index is 11.5. The van der Waals surface area contributed by atoms with Crippen LogP contribution in [0.4, 0.5) is 0 Å². The van der Waals surface area contributed by atoms with Gasteiger partial charge in [0.25, 0.3) is 0 Å². The summed E-state index contributed by atoms with van der Waals surface area (Å²) in [6.07, 6.45) is 16.7. The van der Waals surface area contributed by atoms with Gasteiger partial charge in [-0.3, -0.25) is 4.79 Å². The first kappa shape index (κ1) is 51.8. The molecule has 372 valence electrons. The standard InChI is InChI=1S/C67H78N4O/c1-62(2,3)44-32-41(33-45(38-44)63(4,5)6)59-53-25-23-51(68-53)50(22-20-19-21-31-72)52-24-26-54(69-52)60(42-34-46(64(7,8)9)39-47(35-42)65(10,11)12)56-28-30-58(71-56)61(57-29-27-55(59)70-57)43-36-48(66(13,14)15)40-49(37-43)67(16,17)18/h19-40,68,71H,1-18H3/b21-19+,22-20+,51-50?,52-50?,59-53?,59-55?,60-54?,60-56?,61-57?,61-58?. The lowest BCUT2D eigenvalue weighted by molar-refractivity contribution is -0.104. The number of aldehydes is 1. The van der Waals surface area contributed by atoms with Crippen LogP contribution in [0.2, 0.25) is 0 Å². The molecule has 72 heavy (non-hydrogen) atoms. The highest BCUT2D eigenvalue weighted by Crippen LogP contribution is 2.43. The molecule has 0 aliphatic carbocycles. The van der Waals surface area contributed by atoms with Gasteiger partial charge in [-0.2, -0.15) is 0 Å². The first-order valence-electron chi connectivity index (χ1n) is 25.8. The number of fused-ring (bicyclic) bond motifs is 8. The van der Waals surface area contributed by atoms with Gasteiger partial charge in [0, 0.05) is 44.3 Å². The van der Waals surface area contributed by atoms with Crippen molar-refractivity contribution >= 4 is 58.7 Å². The fourth-order valence-corrected chi connectivity index (χ4v) is 9.49. The summed E-state index contributed by atoms with van der Waals surface area (Å²) in [6.45, 7) is 41.3. The van der Waals surface area contributed by atoms with Gasteiger partial charge in [-0.25, -0.2) is 9.97 Å². The molecule has 5 nitrogen and oxygen atoms in total. The fourth-order valence-electron chi connectivity index (χ4n) is 9.49. The number of rotatable bonds is 6. The zero-order chi connectivity index (χ0) is 52.5. The summed E-state index contributed by atoms with van der Waals surface area (Å²) in [7, 11) is 0. The molecule has 0 amide bonds. The smallest absolute Gasteiger partial charge is 0.142 e. The van der Waals surface area contributed by atoms with Crippen molar-refractivity contribution in [3.05, 3.63) is 159 Å². The summed E-state index contributed by atoms with van der Waals surface area (Å²) >= 11 is 0. The molecule has 3 aromatic carbocycles. The Kier molecular flexibility index (Phi) is 13.3. The highest BCUT2D eigenvalue weighted by atomic mass is 16.1. The van der Waals surface area contributed by atoms with Gasteiger partial charge in [0.05, 0.1) is 22.8 Å². The molecule has 3 aromatic heterocycles. The highest BCUT2D eigenvalue weighted by Gasteiger charge is 2.27. The summed E-state index contributed by atoms with van der Waals surface area (Å²) < 4.78 is 0. The van der Waals surface area contributed by atoms with Crippen molar-refractivity contribution in [1.82, 2.24) is 19.9 Å². The first-order valence-corrected chi connectivity index (χ1v) is 25.8. The number of carbonyl (C=O) groups excluding carboxylic acids is 1. The van der Waals surface area contributed by atoms with E-state index in [2.05, 4.69) is 238 Å². The van der Waals surface area contributed by atoms with E-state index in [0.717, 1.165) is 90.1 Å². The number of nitrogens with zero attached hydrogens (tertiary/aromatic N) is 2. The minimum atomic E-state index is -0.102. The van der Waals surface area contributed by atoms with Crippen molar-refractivity contribution in [2.75, 3.05) is 0 Å². The Labute approximate surface area is 430 Å². The molecular weight excluding hydrogens is 877 g/mol. The number of nitrogens with one attached hydrogen (secondary N) is 2. The lowest BCUT2D eigenvalue weighted by atomic mass is 9.78. The van der Waals surface area contributed by atoms with Gasteiger partial charge in [-0.05, 0) is 137 Å². The summed E-state index contributed by atoms with van der Waals surface area (Å²) in [5, 5.41) is 0. The zero-order valence-corrected chi connectivity index (χ0v) is 46.5. The van der Waals surface area contributed by atoms with Gasteiger partial charge >= 0.3 is 0 Å². The zero-order valence-electron chi connectivity index (χ0n) is 46.5. The Morgan fingerprint density at radius 2 is 0.625 bits per heavy atom. The van der Waals surface area contributed by atoms with E-state index in [1.54, 1.807) is 6.08 Å². The van der Waals surface area contributed by atoms with E-state index in [4.69, 9.17) is 9.97 Å². The molecule has 0 unspecified atom stereocenters. The molecule has 2 aliphatic rings. The van der Waals surface area contributed by atoms with Crippen LogP contribution in [0.1, 0.15) is 186 Å². The third-order valence-corrected chi connectivity index (χ3v) is 14.2. The molecule has 5 heterocycles. The van der Waals surface area contributed by atoms with Crippen LogP contribution in [0, 0.1) is 0 Å². The van der Waals surface area contributed by atoms with Gasteiger partial charge in [0.15, 0.2) is 0 Å². The minimum absolute atomic E-state index is 0.101. The molecule has 5 heteroatoms. The van der Waals surface area contributed by atoms with E-state index in [9.17, 15) is 4.79 Å². The molecule has 0 radical (unpaired) electrons. The number of hydrogen-bond acceptors (Lipinski definition) is 3. The third kappa shape index (κ3) is 10.8. The maximum atomic E-state index is 11.5. The van der Waals surface area contributed by atoms with E-state index >= 15 is 0 Å². The van der Waals surface area contributed by atoms with E-state index in [1.807, 2.05) is 12.2 Å². The number of aromatic nitrogens is 4. The molecule has 2 aliphatic heterocycles. The molecule has 0 saturated heterocycles. The molecule has 0 fully saturated rings. The van der Waals surface area contributed by atoms with Crippen LogP contribution < -0.4 is 0 Å². The van der Waals surface area contributed by atoms with Crippen LogP contribution in [0.25, 0.3) is 85.8 Å². The van der Waals surface area contributed by atoms with E-state index in [1.165, 1.54) is 39.5 Å². The Morgan fingerprint density at radius 1 is 0.347 bits per heavy atom. The third-order valence-electron chi connectivity index (χ3n) is 14.2. The lowest BCUT2D eigenvalue weighted by Gasteiger charge is -2.26. The lowest BCUT2D eigenvalue weighted by Crippen LogP contribution is -2.16. The van der Waals surface area contributed by atoms with Gasteiger partial charge < -0.3 is 9.97 Å². The van der Waals surface area contributed by atoms with Gasteiger partial charge in [-0.15, -0.1) is 0 Å². The van der Waals surface area contributed by atoms with Crippen molar-refractivity contribution in [2.45, 2.75) is 157 Å². The summed E-state index contributed by atoms with van der Waals surface area (Å²) in [5.74, 6) is 0. The predicted octanol–water partition coefficient (Wildman–Crippen LogP) is 18.2. The molecule has 8 bridgehead atoms. The van der Waals surface area contributed by atoms with Crippen molar-refractivity contribution in [1.29, 1.82) is 0 Å². The molecular formula is C67H78N4O. The van der Waals surface area contributed by atoms with Crippen molar-refractivity contribution < 1.29 is 4.79 Å². The van der Waals surface area contributed by atoms with Crippen molar-refractivity contribution in [3.63, 3.8) is 0 Å². The van der Waals surface area contributed by atoms with Crippen LogP contribution in [-0.2, 0) is 37.3 Å². The summed E-state index contributed by atoms with van der Waals surface area (Å²) in [4.78, 5) is 30.7. The Morgan fingerprint density at radius 3 is 0.931 bits per heavy atom. The Hall–Kier alpha value is -6.59. The number of benzene rings is 3. The topological polar surface area (TPSA) is 74.4 Å². The quantitative estimate of drug-likeness (QED) is 0.0991. The van der Waals surface area contributed by atoms with Gasteiger partial charge in [-0.1, -0.05) is 197 Å². The van der Waals surface area contributed by atoms with Crippen LogP contribution in [0.5, 0.6) is 0 Å². The van der Waals surface area contributed by atoms with Crippen molar-refractivity contribution in [2.24, 2.45) is 0 Å². The average Bonchev–Trinajstić information content (AvgIpc) is 4.12. The van der Waals surface area contributed by atoms with E-state index in [-0.39, 0.29) is 32.5 Å². The molecule has 0 spiro atoms. The van der Waals surface area contributed by atoms with Crippen LogP contribution in [0.15, 0.2) is 97.1 Å². The van der Waals surface area contributed by atoms with E-state index in [0.29, 0.717) is 0 Å². The second-order valence-electron chi connectivity index (χ2n) is 26.3. The van der Waals surface area contributed by atoms with Crippen LogP contribution in [-0.4, -0.2) is 26.2 Å². The molecule has 0 saturated carbocycles. The number of aromatic amines is 2. The average molecular weight is 955 g/mol. The number of allylic oxidation sites excluding steroid dienone is 3. The SMILES string of the molecule is CC(C)(C)c1cc(-c2c3nc(c(-c4cc(C(C)(C)C)cc(C(C)(C)C)c4)c4ccc([nH]4)c(-c4cc(C(C)(C)C)cc(C(C)(C)C)c4)c4nc(c(/C=C/C=C/C=O)c5ccc2[nH]5)C=C4)C=C3)cc(C(C)(C)C)c1.